The lowest BCUT2D eigenvalue weighted by atomic mass is 10.1. The van der Waals surface area contributed by atoms with E-state index in [4.69, 9.17) is 28.3 Å². The number of nitrogens with zero attached hydrogens (tertiary/aromatic N) is 6. The van der Waals surface area contributed by atoms with E-state index in [9.17, 15) is 4.79 Å². The SMILES string of the molecule is O=C(c1ccc(Cl)cc1Cl)N1CCN(c2ccc(N3CCN(CCO)CC3)nn2)CC1. The van der Waals surface area contributed by atoms with Crippen molar-refractivity contribution in [3.8, 4) is 0 Å². The molecule has 10 heteroatoms. The number of carbonyl (C=O) groups excluding carboxylic acids is 1. The molecule has 0 unspecified atom stereocenters. The van der Waals surface area contributed by atoms with E-state index in [-0.39, 0.29) is 12.5 Å². The number of hydrogen-bond donors (Lipinski definition) is 1. The van der Waals surface area contributed by atoms with E-state index in [2.05, 4.69) is 24.9 Å². The Morgan fingerprint density at radius 3 is 1.97 bits per heavy atom. The first-order valence-electron chi connectivity index (χ1n) is 10.5. The van der Waals surface area contributed by atoms with E-state index >= 15 is 0 Å². The summed E-state index contributed by atoms with van der Waals surface area (Å²) in [6.45, 7) is 7.05. The molecule has 0 atom stereocenters. The predicted octanol–water partition coefficient (Wildman–Crippen LogP) is 1.86. The molecule has 2 aromatic rings. The Bertz CT molecular complexity index is 897. The molecule has 0 spiro atoms. The predicted molar refractivity (Wildman–Crippen MR) is 122 cm³/mol. The van der Waals surface area contributed by atoms with Gasteiger partial charge in [-0.2, -0.15) is 0 Å². The minimum Gasteiger partial charge on any atom is -0.395 e. The molecule has 2 aliphatic heterocycles. The Labute approximate surface area is 192 Å². The number of rotatable bonds is 5. The summed E-state index contributed by atoms with van der Waals surface area (Å²) in [5.74, 6) is 1.61. The molecule has 0 bridgehead atoms. The Hall–Kier alpha value is -2.13. The number of anilines is 2. The minimum absolute atomic E-state index is 0.0805. The molecule has 8 nitrogen and oxygen atoms in total. The van der Waals surface area contributed by atoms with Gasteiger partial charge in [0, 0.05) is 63.9 Å². The summed E-state index contributed by atoms with van der Waals surface area (Å²) in [7, 11) is 0. The third-order valence-electron chi connectivity index (χ3n) is 5.80. The number of carbonyl (C=O) groups is 1. The molecule has 1 aromatic heterocycles. The first kappa shape index (κ1) is 22.1. The fourth-order valence-corrected chi connectivity index (χ4v) is 4.46. The van der Waals surface area contributed by atoms with Crippen molar-refractivity contribution < 1.29 is 9.90 Å². The number of piperazine rings is 2. The summed E-state index contributed by atoms with van der Waals surface area (Å²) in [6.07, 6.45) is 0. The zero-order chi connectivity index (χ0) is 21.8. The van der Waals surface area contributed by atoms with Crippen LogP contribution in [0, 0.1) is 0 Å². The van der Waals surface area contributed by atoms with Crippen molar-refractivity contribution in [1.82, 2.24) is 20.0 Å². The summed E-state index contributed by atoms with van der Waals surface area (Å²) >= 11 is 12.1. The highest BCUT2D eigenvalue weighted by molar-refractivity contribution is 6.36. The van der Waals surface area contributed by atoms with Crippen LogP contribution in [0.15, 0.2) is 30.3 Å². The van der Waals surface area contributed by atoms with Gasteiger partial charge in [0.15, 0.2) is 11.6 Å². The van der Waals surface area contributed by atoms with Gasteiger partial charge in [-0.15, -0.1) is 10.2 Å². The first-order valence-corrected chi connectivity index (χ1v) is 11.2. The molecule has 3 heterocycles. The molecule has 0 saturated carbocycles. The first-order chi connectivity index (χ1) is 15.0. The molecular weight excluding hydrogens is 439 g/mol. The molecule has 4 rings (SSSR count). The van der Waals surface area contributed by atoms with Crippen molar-refractivity contribution in [3.63, 3.8) is 0 Å². The average Bonchev–Trinajstić information content (AvgIpc) is 2.80. The second-order valence-corrected chi connectivity index (χ2v) is 8.55. The van der Waals surface area contributed by atoms with Gasteiger partial charge in [-0.3, -0.25) is 9.69 Å². The van der Waals surface area contributed by atoms with Crippen LogP contribution >= 0.6 is 23.2 Å². The normalized spacial score (nSPS) is 17.8. The highest BCUT2D eigenvalue weighted by Gasteiger charge is 2.25. The van der Waals surface area contributed by atoms with Crippen LogP contribution in [0.5, 0.6) is 0 Å². The van der Waals surface area contributed by atoms with Gasteiger partial charge in [0.25, 0.3) is 5.91 Å². The van der Waals surface area contributed by atoms with Crippen LogP contribution in [0.1, 0.15) is 10.4 Å². The largest absolute Gasteiger partial charge is 0.395 e. The lowest BCUT2D eigenvalue weighted by Gasteiger charge is -2.36. The monoisotopic (exact) mass is 464 g/mol. The Balaban J connectivity index is 1.31. The van der Waals surface area contributed by atoms with E-state index in [1.54, 1.807) is 23.1 Å². The van der Waals surface area contributed by atoms with Crippen LogP contribution in [0.25, 0.3) is 0 Å². The number of aromatic nitrogens is 2. The molecule has 2 saturated heterocycles. The van der Waals surface area contributed by atoms with E-state index in [0.717, 1.165) is 44.4 Å². The van der Waals surface area contributed by atoms with Crippen molar-refractivity contribution in [1.29, 1.82) is 0 Å². The van der Waals surface area contributed by atoms with Gasteiger partial charge in [-0.05, 0) is 30.3 Å². The van der Waals surface area contributed by atoms with Crippen molar-refractivity contribution >= 4 is 40.7 Å². The fourth-order valence-electron chi connectivity index (χ4n) is 3.97. The molecular formula is C21H26Cl2N6O2. The topological polar surface area (TPSA) is 76.0 Å². The standard InChI is InChI=1S/C21H26Cl2N6O2/c22-16-1-2-17(18(23)15-16)21(31)29-11-9-28(10-12-29)20-4-3-19(24-25-20)27-7-5-26(6-8-27)13-14-30/h1-4,15,30H,5-14H2. The number of halogens is 2. The number of aliphatic hydroxyl groups excluding tert-OH is 1. The van der Waals surface area contributed by atoms with E-state index in [1.807, 2.05) is 12.1 Å². The van der Waals surface area contributed by atoms with Crippen molar-refractivity contribution in [2.45, 2.75) is 0 Å². The number of benzene rings is 1. The van der Waals surface area contributed by atoms with Crippen molar-refractivity contribution in [3.05, 3.63) is 45.9 Å². The van der Waals surface area contributed by atoms with Crippen LogP contribution in [0.4, 0.5) is 11.6 Å². The number of hydrogen-bond acceptors (Lipinski definition) is 7. The molecule has 0 radical (unpaired) electrons. The Morgan fingerprint density at radius 2 is 1.45 bits per heavy atom. The summed E-state index contributed by atoms with van der Waals surface area (Å²) in [6, 6.07) is 8.95. The maximum absolute atomic E-state index is 12.8. The molecule has 2 aliphatic rings. The second-order valence-electron chi connectivity index (χ2n) is 7.71. The Morgan fingerprint density at radius 1 is 0.871 bits per heavy atom. The molecule has 0 aliphatic carbocycles. The number of β-amino-alcohol motifs (C(OH)–C–C–N with tert-alkyl or cyclic N) is 1. The molecule has 31 heavy (non-hydrogen) atoms. The van der Waals surface area contributed by atoms with Gasteiger partial charge in [0.2, 0.25) is 0 Å². The molecule has 1 N–H and O–H groups in total. The van der Waals surface area contributed by atoms with E-state index in [1.165, 1.54) is 0 Å². The lowest BCUT2D eigenvalue weighted by Crippen LogP contribution is -2.49. The van der Waals surface area contributed by atoms with Gasteiger partial charge >= 0.3 is 0 Å². The molecule has 2 fully saturated rings. The van der Waals surface area contributed by atoms with Crippen molar-refractivity contribution in [2.75, 3.05) is 75.3 Å². The molecule has 1 aromatic carbocycles. The average molecular weight is 465 g/mol. The molecule has 166 valence electrons. The highest BCUT2D eigenvalue weighted by Crippen LogP contribution is 2.24. The summed E-state index contributed by atoms with van der Waals surface area (Å²) in [5.41, 5.74) is 0.475. The number of amides is 1. The third-order valence-corrected chi connectivity index (χ3v) is 6.35. The smallest absolute Gasteiger partial charge is 0.255 e. The third kappa shape index (κ3) is 5.20. The Kier molecular flexibility index (Phi) is 7.12. The van der Waals surface area contributed by atoms with Gasteiger partial charge in [0.1, 0.15) is 0 Å². The second kappa shape index (κ2) is 9.99. The van der Waals surface area contributed by atoms with Gasteiger partial charge < -0.3 is 19.8 Å². The number of aliphatic hydroxyl groups is 1. The van der Waals surface area contributed by atoms with Crippen LogP contribution in [-0.4, -0.2) is 96.5 Å². The zero-order valence-electron chi connectivity index (χ0n) is 17.3. The van der Waals surface area contributed by atoms with Gasteiger partial charge in [-0.25, -0.2) is 0 Å². The van der Waals surface area contributed by atoms with Crippen LogP contribution in [-0.2, 0) is 0 Å². The van der Waals surface area contributed by atoms with E-state index < -0.39 is 0 Å². The summed E-state index contributed by atoms with van der Waals surface area (Å²) in [5, 5.41) is 18.8. The maximum Gasteiger partial charge on any atom is 0.255 e. The summed E-state index contributed by atoms with van der Waals surface area (Å²) in [4.78, 5) is 21.2. The molecule has 1 amide bonds. The minimum atomic E-state index is -0.0805. The highest BCUT2D eigenvalue weighted by atomic mass is 35.5. The van der Waals surface area contributed by atoms with Crippen LogP contribution in [0.3, 0.4) is 0 Å². The fraction of sp³-hybridized carbons (Fsp3) is 0.476. The zero-order valence-corrected chi connectivity index (χ0v) is 18.8. The lowest BCUT2D eigenvalue weighted by molar-refractivity contribution is 0.0746. The quantitative estimate of drug-likeness (QED) is 0.723. The summed E-state index contributed by atoms with van der Waals surface area (Å²) < 4.78 is 0. The van der Waals surface area contributed by atoms with Crippen LogP contribution < -0.4 is 9.80 Å². The maximum atomic E-state index is 12.8. The van der Waals surface area contributed by atoms with Crippen LogP contribution in [0.2, 0.25) is 10.0 Å². The van der Waals surface area contributed by atoms with Crippen molar-refractivity contribution in [2.24, 2.45) is 0 Å². The van der Waals surface area contributed by atoms with Gasteiger partial charge in [0.05, 0.1) is 17.2 Å². The van der Waals surface area contributed by atoms with E-state index in [0.29, 0.717) is 41.8 Å². The van der Waals surface area contributed by atoms with Gasteiger partial charge in [-0.1, -0.05) is 23.2 Å².